The first-order valence-corrected chi connectivity index (χ1v) is 7.65. The van der Waals surface area contributed by atoms with Crippen molar-refractivity contribution in [3.63, 3.8) is 0 Å². The summed E-state index contributed by atoms with van der Waals surface area (Å²) in [6, 6.07) is 7.22. The molecule has 0 aliphatic heterocycles. The Hall–Kier alpha value is -0.830. The van der Waals surface area contributed by atoms with Crippen LogP contribution in [-0.4, -0.2) is 14.7 Å². The normalized spacial score (nSPS) is 12.6. The Morgan fingerprint density at radius 2 is 1.69 bits per heavy atom. The van der Waals surface area contributed by atoms with Crippen molar-refractivity contribution < 1.29 is 8.42 Å². The average molecular weight is 242 g/mol. The molecule has 0 radical (unpaired) electrons. The molecule has 0 heterocycles. The van der Waals surface area contributed by atoms with Crippen LogP contribution in [0.3, 0.4) is 0 Å². The molecule has 1 aromatic rings. The average Bonchev–Trinajstić information content (AvgIpc) is 2.29. The molecule has 0 spiro atoms. The number of hydrogen-bond acceptors (Lipinski definition) is 2. The van der Waals surface area contributed by atoms with Gasteiger partial charge in [0.05, 0.1) is 4.90 Å². The molecule has 1 unspecified atom stereocenters. The van der Waals surface area contributed by atoms with Crippen molar-refractivity contribution in [1.82, 2.24) is 0 Å². The topological polar surface area (TPSA) is 34.1 Å². The number of rotatable bonds is 3. The highest BCUT2D eigenvalue weighted by atomic mass is 32.2. The van der Waals surface area contributed by atoms with E-state index < -0.39 is 9.84 Å². The minimum atomic E-state index is -3.09. The van der Waals surface area contributed by atoms with Crippen molar-refractivity contribution in [2.75, 3.05) is 6.26 Å². The summed E-state index contributed by atoms with van der Waals surface area (Å²) in [7, 11) is -3.09. The minimum absolute atomic E-state index is 0.293. The van der Waals surface area contributed by atoms with Crippen LogP contribution < -0.4 is 0 Å². The minimum Gasteiger partial charge on any atom is -0.224 e. The molecule has 0 saturated heterocycles. The van der Waals surface area contributed by atoms with Gasteiger partial charge in [-0.05, 0) is 24.0 Å². The molecule has 3 heteroatoms. The highest BCUT2D eigenvalue weighted by molar-refractivity contribution is 7.90. The second kappa shape index (κ2) is 6.69. The molecule has 0 fully saturated rings. The van der Waals surface area contributed by atoms with Crippen molar-refractivity contribution in [2.24, 2.45) is 0 Å². The maximum absolute atomic E-state index is 11.5. The van der Waals surface area contributed by atoms with Crippen LogP contribution in [0.1, 0.15) is 45.6 Å². The van der Waals surface area contributed by atoms with E-state index in [-0.39, 0.29) is 0 Å². The second-order valence-corrected chi connectivity index (χ2v) is 5.60. The Morgan fingerprint density at radius 3 is 2.12 bits per heavy atom. The predicted octanol–water partition coefficient (Wildman–Crippen LogP) is 3.63. The highest BCUT2D eigenvalue weighted by Crippen LogP contribution is 2.25. The third kappa shape index (κ3) is 3.97. The van der Waals surface area contributed by atoms with Gasteiger partial charge < -0.3 is 0 Å². The lowest BCUT2D eigenvalue weighted by molar-refractivity contribution is 0.598. The van der Waals surface area contributed by atoms with E-state index in [2.05, 4.69) is 6.92 Å². The summed E-state index contributed by atoms with van der Waals surface area (Å²) in [6.45, 7) is 8.10. The van der Waals surface area contributed by atoms with E-state index in [1.54, 1.807) is 12.1 Å². The van der Waals surface area contributed by atoms with Gasteiger partial charge in [-0.2, -0.15) is 0 Å². The van der Waals surface area contributed by atoms with E-state index >= 15 is 0 Å². The van der Waals surface area contributed by atoms with E-state index in [9.17, 15) is 8.42 Å². The molecule has 92 valence electrons. The van der Waals surface area contributed by atoms with Crippen LogP contribution >= 0.6 is 0 Å². The summed E-state index contributed by atoms with van der Waals surface area (Å²) >= 11 is 0. The van der Waals surface area contributed by atoms with E-state index in [1.165, 1.54) is 6.26 Å². The second-order valence-electron chi connectivity index (χ2n) is 3.62. The van der Waals surface area contributed by atoms with E-state index in [1.807, 2.05) is 32.9 Å². The Morgan fingerprint density at radius 1 is 1.19 bits per heavy atom. The molecule has 0 aliphatic rings. The van der Waals surface area contributed by atoms with Gasteiger partial charge in [0.2, 0.25) is 0 Å². The fourth-order valence-electron chi connectivity index (χ4n) is 1.45. The molecule has 1 aromatic carbocycles. The smallest absolute Gasteiger partial charge is 0.175 e. The van der Waals surface area contributed by atoms with Crippen molar-refractivity contribution in [3.05, 3.63) is 29.8 Å². The van der Waals surface area contributed by atoms with Gasteiger partial charge in [0.1, 0.15) is 0 Å². The molecule has 0 N–H and O–H groups in total. The molecule has 0 aliphatic carbocycles. The van der Waals surface area contributed by atoms with Crippen molar-refractivity contribution >= 4 is 9.84 Å². The predicted molar refractivity (Wildman–Crippen MR) is 69.6 cm³/mol. The van der Waals surface area contributed by atoms with E-state index in [0.717, 1.165) is 12.0 Å². The molecule has 0 amide bonds. The zero-order valence-corrected chi connectivity index (χ0v) is 11.6. The number of hydrogen-bond donors (Lipinski definition) is 0. The van der Waals surface area contributed by atoms with Gasteiger partial charge in [0.15, 0.2) is 9.84 Å². The van der Waals surface area contributed by atoms with Crippen LogP contribution in [0.2, 0.25) is 0 Å². The summed E-state index contributed by atoms with van der Waals surface area (Å²) in [4.78, 5) is 0.467. The van der Waals surface area contributed by atoms with Crippen molar-refractivity contribution in [3.8, 4) is 0 Å². The summed E-state index contributed by atoms with van der Waals surface area (Å²) in [5.41, 5.74) is 0.928. The summed E-state index contributed by atoms with van der Waals surface area (Å²) in [6.07, 6.45) is 2.21. The number of benzene rings is 1. The third-order valence-corrected chi connectivity index (χ3v) is 3.63. The lowest BCUT2D eigenvalue weighted by atomic mass is 9.99. The van der Waals surface area contributed by atoms with Crippen molar-refractivity contribution in [2.45, 2.75) is 44.9 Å². The monoisotopic (exact) mass is 242 g/mol. The largest absolute Gasteiger partial charge is 0.224 e. The zero-order valence-electron chi connectivity index (χ0n) is 10.8. The van der Waals surface area contributed by atoms with Crippen LogP contribution in [0.15, 0.2) is 29.2 Å². The fraction of sp³-hybridized carbons (Fsp3) is 0.538. The molecule has 16 heavy (non-hydrogen) atoms. The van der Waals surface area contributed by atoms with Gasteiger partial charge in [-0.25, -0.2) is 8.42 Å². The van der Waals surface area contributed by atoms with Crippen LogP contribution in [-0.2, 0) is 9.84 Å². The van der Waals surface area contributed by atoms with Crippen LogP contribution in [0, 0.1) is 0 Å². The number of sulfone groups is 1. The van der Waals surface area contributed by atoms with Gasteiger partial charge in [0.25, 0.3) is 0 Å². The molecule has 2 nitrogen and oxygen atoms in total. The maximum atomic E-state index is 11.5. The van der Waals surface area contributed by atoms with E-state index in [0.29, 0.717) is 10.8 Å². The molecule has 1 atom stereocenters. The summed E-state index contributed by atoms with van der Waals surface area (Å²) in [5, 5.41) is 0. The lowest BCUT2D eigenvalue weighted by Gasteiger charge is -2.12. The third-order valence-electron chi connectivity index (χ3n) is 2.46. The standard InChI is InChI=1S/C11H16O2S.C2H6/c1-4-9(2)10-7-5-6-8-11(10)14(3,12)13;1-2/h5-9H,4H2,1-3H3;1-2H3. The molecule has 1 rings (SSSR count). The fourth-order valence-corrected chi connectivity index (χ4v) is 2.47. The maximum Gasteiger partial charge on any atom is 0.175 e. The van der Waals surface area contributed by atoms with Crippen molar-refractivity contribution in [1.29, 1.82) is 0 Å². The lowest BCUT2D eigenvalue weighted by Crippen LogP contribution is -2.04. The Bertz CT molecular complexity index is 408. The van der Waals surface area contributed by atoms with E-state index in [4.69, 9.17) is 0 Å². The van der Waals surface area contributed by atoms with Gasteiger partial charge in [-0.15, -0.1) is 0 Å². The SMILES string of the molecule is CC.CCC(C)c1ccccc1S(C)(=O)=O. The Kier molecular flexibility index (Phi) is 6.34. The summed E-state index contributed by atoms with van der Waals surface area (Å²) in [5.74, 6) is 0.293. The zero-order chi connectivity index (χ0) is 12.8. The van der Waals surface area contributed by atoms with Crippen LogP contribution in [0.4, 0.5) is 0 Å². The van der Waals surface area contributed by atoms with Gasteiger partial charge >= 0.3 is 0 Å². The van der Waals surface area contributed by atoms with Crippen LogP contribution in [0.5, 0.6) is 0 Å². The molecular weight excluding hydrogens is 220 g/mol. The summed E-state index contributed by atoms with van der Waals surface area (Å²) < 4.78 is 22.9. The first-order chi connectivity index (χ1) is 7.46. The Balaban J connectivity index is 0.00000106. The van der Waals surface area contributed by atoms with Gasteiger partial charge in [-0.1, -0.05) is 45.9 Å². The quantitative estimate of drug-likeness (QED) is 0.811. The molecule has 0 bridgehead atoms. The van der Waals surface area contributed by atoms with Gasteiger partial charge in [0, 0.05) is 6.26 Å². The molecule has 0 saturated carbocycles. The van der Waals surface area contributed by atoms with Gasteiger partial charge in [-0.3, -0.25) is 0 Å². The van der Waals surface area contributed by atoms with Crippen LogP contribution in [0.25, 0.3) is 0 Å². The molecular formula is C13H22O2S. The molecule has 0 aromatic heterocycles. The first kappa shape index (κ1) is 15.2. The Labute approximate surface area is 99.6 Å². The first-order valence-electron chi connectivity index (χ1n) is 5.75. The highest BCUT2D eigenvalue weighted by Gasteiger charge is 2.15.